The number of hydrogen-bond donors (Lipinski definition) is 0. The summed E-state index contributed by atoms with van der Waals surface area (Å²) in [6, 6.07) is 68.6. The maximum atomic E-state index is 6.18. The maximum Gasteiger partial charge on any atom is 0.160 e. The van der Waals surface area contributed by atoms with Gasteiger partial charge in [0, 0.05) is 27.5 Å². The van der Waals surface area contributed by atoms with Crippen LogP contribution in [0.5, 0.6) is 0 Å². The minimum atomic E-state index is 0.699. The van der Waals surface area contributed by atoms with E-state index < -0.39 is 0 Å². The number of nitrogens with zero attached hydrogens (tertiary/aromatic N) is 2. The Hall–Kier alpha value is -7.36. The molecule has 0 aliphatic heterocycles. The first-order chi connectivity index (χ1) is 27.2. The Morgan fingerprint density at radius 2 is 0.673 bits per heavy atom. The number of hydrogen-bond acceptors (Lipinski definition) is 3. The lowest BCUT2D eigenvalue weighted by molar-refractivity contribution is 0.669. The van der Waals surface area contributed by atoms with E-state index in [1.807, 2.05) is 30.3 Å². The topological polar surface area (TPSA) is 38.9 Å². The van der Waals surface area contributed by atoms with E-state index in [1.54, 1.807) is 0 Å². The van der Waals surface area contributed by atoms with Gasteiger partial charge in [-0.05, 0) is 84.9 Å². The zero-order chi connectivity index (χ0) is 36.3. The Kier molecular flexibility index (Phi) is 7.17. The summed E-state index contributed by atoms with van der Waals surface area (Å²) in [7, 11) is 0. The van der Waals surface area contributed by atoms with Gasteiger partial charge >= 0.3 is 0 Å². The van der Waals surface area contributed by atoms with Crippen molar-refractivity contribution in [3.8, 4) is 56.2 Å². The minimum Gasteiger partial charge on any atom is -0.456 e. The highest BCUT2D eigenvalue weighted by molar-refractivity contribution is 6.25. The van der Waals surface area contributed by atoms with E-state index in [9.17, 15) is 0 Å². The Morgan fingerprint density at radius 3 is 1.27 bits per heavy atom. The fraction of sp³-hybridized carbons (Fsp3) is 0. The van der Waals surface area contributed by atoms with Crippen molar-refractivity contribution in [2.75, 3.05) is 0 Å². The third-order valence-corrected chi connectivity index (χ3v) is 10.9. The predicted molar refractivity (Wildman–Crippen MR) is 229 cm³/mol. The van der Waals surface area contributed by atoms with E-state index in [4.69, 9.17) is 14.4 Å². The molecule has 0 N–H and O–H groups in total. The molecule has 11 aromatic rings. The van der Waals surface area contributed by atoms with Gasteiger partial charge in [-0.15, -0.1) is 0 Å². The van der Waals surface area contributed by atoms with Crippen LogP contribution in [-0.4, -0.2) is 9.97 Å². The van der Waals surface area contributed by atoms with Gasteiger partial charge in [0.1, 0.15) is 11.2 Å². The van der Waals surface area contributed by atoms with E-state index >= 15 is 0 Å². The van der Waals surface area contributed by atoms with Gasteiger partial charge in [0.2, 0.25) is 0 Å². The number of rotatable bonds is 5. The van der Waals surface area contributed by atoms with E-state index in [1.165, 1.54) is 37.9 Å². The maximum absolute atomic E-state index is 6.18. The van der Waals surface area contributed by atoms with Crippen LogP contribution in [0.2, 0.25) is 0 Å². The molecule has 0 unspecified atom stereocenters. The lowest BCUT2D eigenvalue weighted by Gasteiger charge is -2.13. The van der Waals surface area contributed by atoms with Crippen LogP contribution in [0.3, 0.4) is 0 Å². The first kappa shape index (κ1) is 31.2. The second kappa shape index (κ2) is 12.6. The zero-order valence-corrected chi connectivity index (χ0v) is 29.8. The SMILES string of the molecule is c1ccc(-c2nc(-c3ccc(-c4ccc5c(c4)oc4ccccc45)cc3)cc(-c3ccc(-c4ccc5c6ccccc6c6ccccc6c5c4)cc3)n2)cc1. The van der Waals surface area contributed by atoms with Gasteiger partial charge in [0.05, 0.1) is 11.4 Å². The van der Waals surface area contributed by atoms with Crippen molar-refractivity contribution >= 4 is 54.3 Å². The van der Waals surface area contributed by atoms with Gasteiger partial charge in [-0.2, -0.15) is 0 Å². The van der Waals surface area contributed by atoms with Gasteiger partial charge in [-0.25, -0.2) is 9.97 Å². The summed E-state index contributed by atoms with van der Waals surface area (Å²) in [5.41, 5.74) is 11.2. The molecule has 2 aromatic heterocycles. The first-order valence-corrected chi connectivity index (χ1v) is 18.6. The molecule has 0 bridgehead atoms. The van der Waals surface area contributed by atoms with Crippen LogP contribution in [-0.2, 0) is 0 Å². The number of benzene rings is 9. The van der Waals surface area contributed by atoms with Gasteiger partial charge in [-0.3, -0.25) is 0 Å². The third kappa shape index (κ3) is 5.36. The molecule has 9 aromatic carbocycles. The van der Waals surface area contributed by atoms with E-state index in [2.05, 4.69) is 164 Å². The molecule has 3 heteroatoms. The molecule has 2 heterocycles. The second-order valence-electron chi connectivity index (χ2n) is 14.1. The molecule has 0 saturated carbocycles. The quantitative estimate of drug-likeness (QED) is 0.168. The van der Waals surface area contributed by atoms with Gasteiger partial charge in [0.15, 0.2) is 5.82 Å². The molecule has 0 spiro atoms. The molecule has 0 amide bonds. The number of furan rings is 1. The van der Waals surface area contributed by atoms with Crippen LogP contribution >= 0.6 is 0 Å². The van der Waals surface area contributed by atoms with Gasteiger partial charge in [0.25, 0.3) is 0 Å². The summed E-state index contributed by atoms with van der Waals surface area (Å²) >= 11 is 0. The lowest BCUT2D eigenvalue weighted by Crippen LogP contribution is -1.96. The van der Waals surface area contributed by atoms with Crippen LogP contribution in [0.25, 0.3) is 110 Å². The highest BCUT2D eigenvalue weighted by Gasteiger charge is 2.14. The fourth-order valence-electron chi connectivity index (χ4n) is 8.12. The minimum absolute atomic E-state index is 0.699. The van der Waals surface area contributed by atoms with Crippen LogP contribution in [0.4, 0.5) is 0 Å². The largest absolute Gasteiger partial charge is 0.456 e. The van der Waals surface area contributed by atoms with Crippen molar-refractivity contribution < 1.29 is 4.42 Å². The summed E-state index contributed by atoms with van der Waals surface area (Å²) in [5.74, 6) is 0.699. The Balaban J connectivity index is 0.958. The monoisotopic (exact) mass is 700 g/mol. The summed E-state index contributed by atoms with van der Waals surface area (Å²) in [4.78, 5) is 10.2. The molecule has 0 aliphatic carbocycles. The fourth-order valence-corrected chi connectivity index (χ4v) is 8.12. The van der Waals surface area contributed by atoms with E-state index in [-0.39, 0.29) is 0 Å². The van der Waals surface area contributed by atoms with Gasteiger partial charge in [-0.1, -0.05) is 164 Å². The molecule has 11 rings (SSSR count). The molecular weight excluding hydrogens is 669 g/mol. The summed E-state index contributed by atoms with van der Waals surface area (Å²) < 4.78 is 6.18. The van der Waals surface area contributed by atoms with Crippen LogP contribution < -0.4 is 0 Å². The summed E-state index contributed by atoms with van der Waals surface area (Å²) in [5, 5.41) is 9.94. The van der Waals surface area contributed by atoms with Crippen LogP contribution in [0.15, 0.2) is 199 Å². The molecule has 256 valence electrons. The van der Waals surface area contributed by atoms with E-state index in [0.717, 1.165) is 66.7 Å². The number of aromatic nitrogens is 2. The van der Waals surface area contributed by atoms with E-state index in [0.29, 0.717) is 5.82 Å². The highest BCUT2D eigenvalue weighted by atomic mass is 16.3. The van der Waals surface area contributed by atoms with Crippen LogP contribution in [0.1, 0.15) is 0 Å². The molecule has 0 atom stereocenters. The van der Waals surface area contributed by atoms with Crippen molar-refractivity contribution in [3.63, 3.8) is 0 Å². The van der Waals surface area contributed by atoms with Crippen molar-refractivity contribution in [1.82, 2.24) is 9.97 Å². The van der Waals surface area contributed by atoms with Crippen molar-refractivity contribution in [3.05, 3.63) is 194 Å². The molecule has 0 radical (unpaired) electrons. The normalized spacial score (nSPS) is 11.6. The van der Waals surface area contributed by atoms with Gasteiger partial charge < -0.3 is 4.42 Å². The average Bonchev–Trinajstić information content (AvgIpc) is 3.65. The molecular formula is C52H32N2O. The standard InChI is InChI=1S/C52H32N2O/c1-2-10-37(11-3-1)52-53-48(32-49(54-52)36-24-20-34(21-25-36)39-27-29-46-45-16-8-9-17-50(45)55-51(46)31-39)35-22-18-33(19-23-35)38-26-28-44-42-14-5-4-12-40(42)41-13-6-7-15-43(41)47(44)30-38/h1-32H. The zero-order valence-electron chi connectivity index (χ0n) is 29.8. The molecule has 0 aliphatic rings. The third-order valence-electron chi connectivity index (χ3n) is 10.9. The Bertz CT molecular complexity index is 3200. The van der Waals surface area contributed by atoms with Crippen LogP contribution in [0, 0.1) is 0 Å². The molecule has 0 fully saturated rings. The van der Waals surface area contributed by atoms with Crippen molar-refractivity contribution in [2.45, 2.75) is 0 Å². The highest BCUT2D eigenvalue weighted by Crippen LogP contribution is 2.38. The molecule has 55 heavy (non-hydrogen) atoms. The van der Waals surface area contributed by atoms with Crippen molar-refractivity contribution in [2.24, 2.45) is 0 Å². The Morgan fingerprint density at radius 1 is 0.255 bits per heavy atom. The Labute approximate surface area is 317 Å². The average molecular weight is 701 g/mol. The summed E-state index contributed by atoms with van der Waals surface area (Å²) in [6.45, 7) is 0. The number of fused-ring (bicyclic) bond motifs is 9. The first-order valence-electron chi connectivity index (χ1n) is 18.6. The smallest absolute Gasteiger partial charge is 0.160 e. The molecule has 0 saturated heterocycles. The lowest BCUT2D eigenvalue weighted by atomic mass is 9.92. The molecule has 3 nitrogen and oxygen atoms in total. The van der Waals surface area contributed by atoms with Crippen molar-refractivity contribution in [1.29, 1.82) is 0 Å². The summed E-state index contributed by atoms with van der Waals surface area (Å²) in [6.07, 6.45) is 0. The predicted octanol–water partition coefficient (Wildman–Crippen LogP) is 14.2. The second-order valence-corrected chi connectivity index (χ2v) is 14.1. The number of para-hydroxylation sites is 1.